The summed E-state index contributed by atoms with van der Waals surface area (Å²) >= 11 is 6.45. The molecule has 2 heterocycles. The van der Waals surface area contributed by atoms with Gasteiger partial charge in [0.15, 0.2) is 23.1 Å². The fraction of sp³-hybridized carbons (Fsp3) is 0. The van der Waals surface area contributed by atoms with Crippen LogP contribution in [0.5, 0.6) is 0 Å². The van der Waals surface area contributed by atoms with Crippen molar-refractivity contribution >= 4 is 44.3 Å². The molecule has 7 rings (SSSR count). The van der Waals surface area contributed by atoms with E-state index in [0.29, 0.717) is 28.1 Å². The quantitative estimate of drug-likeness (QED) is 0.252. The maximum Gasteiger partial charge on any atom is 0.164 e. The number of halogens is 1. The first-order chi connectivity index (χ1) is 17.7. The molecule has 0 unspecified atom stereocenters. The van der Waals surface area contributed by atoms with Gasteiger partial charge in [-0.3, -0.25) is 0 Å². The largest absolute Gasteiger partial charge is 0.454 e. The lowest BCUT2D eigenvalue weighted by atomic mass is 10.0. The average Bonchev–Trinajstić information content (AvgIpc) is 3.33. The first-order valence-corrected chi connectivity index (χ1v) is 12.0. The second-order valence-electron chi connectivity index (χ2n) is 8.63. The maximum absolute atomic E-state index is 6.45. The van der Waals surface area contributed by atoms with E-state index in [9.17, 15) is 0 Å². The Morgan fingerprint density at radius 2 is 1.28 bits per heavy atom. The van der Waals surface area contributed by atoms with Crippen LogP contribution in [0.1, 0.15) is 0 Å². The monoisotopic (exact) mass is 483 g/mol. The molecule has 36 heavy (non-hydrogen) atoms. The average molecular weight is 484 g/mol. The molecule has 0 amide bonds. The van der Waals surface area contributed by atoms with Gasteiger partial charge in [-0.1, -0.05) is 103 Å². The fourth-order valence-corrected chi connectivity index (χ4v) is 4.88. The van der Waals surface area contributed by atoms with Gasteiger partial charge in [0.2, 0.25) is 0 Å². The molecule has 0 radical (unpaired) electrons. The molecule has 0 fully saturated rings. The first kappa shape index (κ1) is 20.8. The molecule has 4 nitrogen and oxygen atoms in total. The molecular weight excluding hydrogens is 466 g/mol. The van der Waals surface area contributed by atoms with E-state index in [4.69, 9.17) is 31.0 Å². The van der Waals surface area contributed by atoms with Crippen LogP contribution in [-0.4, -0.2) is 15.0 Å². The van der Waals surface area contributed by atoms with Crippen molar-refractivity contribution in [1.82, 2.24) is 15.0 Å². The SMILES string of the molecule is Clc1cccc2c1oc1cccc(-c3nc(-c4ccccc4)nc(-c4ccc5ccccc5c4)n3)c12. The Hall–Kier alpha value is -4.54. The number of benzene rings is 5. The van der Waals surface area contributed by atoms with Gasteiger partial charge >= 0.3 is 0 Å². The van der Waals surface area contributed by atoms with Crippen LogP contribution in [0.2, 0.25) is 5.02 Å². The molecule has 2 aromatic heterocycles. The van der Waals surface area contributed by atoms with Gasteiger partial charge in [-0.05, 0) is 29.0 Å². The topological polar surface area (TPSA) is 51.8 Å². The maximum atomic E-state index is 6.45. The van der Waals surface area contributed by atoms with E-state index in [0.717, 1.165) is 38.4 Å². The van der Waals surface area contributed by atoms with Crippen molar-refractivity contribution in [1.29, 1.82) is 0 Å². The van der Waals surface area contributed by atoms with Gasteiger partial charge < -0.3 is 4.42 Å². The molecule has 0 atom stereocenters. The van der Waals surface area contributed by atoms with Gasteiger partial charge in [0.05, 0.1) is 5.02 Å². The molecule has 0 saturated carbocycles. The van der Waals surface area contributed by atoms with Crippen molar-refractivity contribution in [2.24, 2.45) is 0 Å². The molecule has 0 aliphatic carbocycles. The van der Waals surface area contributed by atoms with Crippen LogP contribution in [0.25, 0.3) is 66.9 Å². The highest BCUT2D eigenvalue weighted by Crippen LogP contribution is 2.38. The van der Waals surface area contributed by atoms with Gasteiger partial charge in [-0.25, -0.2) is 15.0 Å². The zero-order valence-electron chi connectivity index (χ0n) is 19.0. The number of furan rings is 1. The Balaban J connectivity index is 1.51. The van der Waals surface area contributed by atoms with Crippen LogP contribution < -0.4 is 0 Å². The summed E-state index contributed by atoms with van der Waals surface area (Å²) in [5, 5.41) is 4.75. The third-order valence-corrected chi connectivity index (χ3v) is 6.69. The zero-order valence-corrected chi connectivity index (χ0v) is 19.8. The highest BCUT2D eigenvalue weighted by atomic mass is 35.5. The van der Waals surface area contributed by atoms with Crippen molar-refractivity contribution in [3.63, 3.8) is 0 Å². The Bertz CT molecular complexity index is 1910. The number of para-hydroxylation sites is 1. The summed E-state index contributed by atoms with van der Waals surface area (Å²) in [6, 6.07) is 36.2. The first-order valence-electron chi connectivity index (χ1n) is 11.7. The lowest BCUT2D eigenvalue weighted by Gasteiger charge is -2.10. The number of hydrogen-bond donors (Lipinski definition) is 0. The van der Waals surface area contributed by atoms with E-state index in [1.807, 2.05) is 78.9 Å². The van der Waals surface area contributed by atoms with Crippen molar-refractivity contribution < 1.29 is 4.42 Å². The second kappa shape index (κ2) is 8.29. The molecular formula is C31H18ClN3O. The Morgan fingerprint density at radius 3 is 2.14 bits per heavy atom. The fourth-order valence-electron chi connectivity index (χ4n) is 4.67. The minimum atomic E-state index is 0.576. The van der Waals surface area contributed by atoms with E-state index >= 15 is 0 Å². The van der Waals surface area contributed by atoms with Crippen LogP contribution >= 0.6 is 11.6 Å². The Labute approximate surface area is 211 Å². The lowest BCUT2D eigenvalue weighted by Crippen LogP contribution is -2.00. The number of aromatic nitrogens is 3. The molecule has 0 saturated heterocycles. The van der Waals surface area contributed by atoms with E-state index in [1.165, 1.54) is 5.39 Å². The van der Waals surface area contributed by atoms with Crippen LogP contribution in [0.3, 0.4) is 0 Å². The van der Waals surface area contributed by atoms with Crippen molar-refractivity contribution in [2.75, 3.05) is 0 Å². The molecule has 0 N–H and O–H groups in total. The van der Waals surface area contributed by atoms with Crippen LogP contribution in [0.15, 0.2) is 114 Å². The van der Waals surface area contributed by atoms with Gasteiger partial charge in [-0.2, -0.15) is 0 Å². The molecule has 0 aliphatic heterocycles. The molecule has 7 aromatic rings. The normalized spacial score (nSPS) is 11.5. The number of hydrogen-bond acceptors (Lipinski definition) is 4. The molecule has 0 spiro atoms. The summed E-state index contributed by atoms with van der Waals surface area (Å²) in [5.74, 6) is 1.82. The Morgan fingerprint density at radius 1 is 0.556 bits per heavy atom. The standard InChI is InChI=1S/C31H18ClN3O/c32-25-14-6-12-23-27-24(13-7-15-26(27)36-28(23)25)31-34-29(20-9-2-1-3-10-20)33-30(35-31)22-17-16-19-8-4-5-11-21(19)18-22/h1-18H. The van der Waals surface area contributed by atoms with Crippen molar-refractivity contribution in [2.45, 2.75) is 0 Å². The predicted molar refractivity (Wildman–Crippen MR) is 146 cm³/mol. The van der Waals surface area contributed by atoms with Gasteiger partial charge in [-0.15, -0.1) is 0 Å². The van der Waals surface area contributed by atoms with E-state index in [1.54, 1.807) is 0 Å². The van der Waals surface area contributed by atoms with E-state index in [-0.39, 0.29) is 0 Å². The number of rotatable bonds is 3. The minimum absolute atomic E-state index is 0.576. The highest BCUT2D eigenvalue weighted by molar-refractivity contribution is 6.36. The molecule has 170 valence electrons. The van der Waals surface area contributed by atoms with Crippen LogP contribution in [-0.2, 0) is 0 Å². The van der Waals surface area contributed by atoms with E-state index in [2.05, 4.69) is 30.3 Å². The third kappa shape index (κ3) is 3.43. The number of fused-ring (bicyclic) bond motifs is 4. The van der Waals surface area contributed by atoms with Gasteiger partial charge in [0.1, 0.15) is 5.58 Å². The summed E-state index contributed by atoms with van der Waals surface area (Å²) in [7, 11) is 0. The van der Waals surface area contributed by atoms with Crippen molar-refractivity contribution in [3.8, 4) is 34.2 Å². The van der Waals surface area contributed by atoms with Crippen LogP contribution in [0.4, 0.5) is 0 Å². The summed E-state index contributed by atoms with van der Waals surface area (Å²) in [4.78, 5) is 14.8. The zero-order chi connectivity index (χ0) is 24.1. The van der Waals surface area contributed by atoms with Gasteiger partial charge in [0.25, 0.3) is 0 Å². The number of nitrogens with zero attached hydrogens (tertiary/aromatic N) is 3. The summed E-state index contributed by atoms with van der Waals surface area (Å²) in [5.41, 5.74) is 4.13. The second-order valence-corrected chi connectivity index (χ2v) is 9.04. The van der Waals surface area contributed by atoms with Crippen LogP contribution in [0, 0.1) is 0 Å². The smallest absolute Gasteiger partial charge is 0.164 e. The summed E-state index contributed by atoms with van der Waals surface area (Å²) in [6.45, 7) is 0. The molecule has 5 heteroatoms. The molecule has 0 aliphatic rings. The van der Waals surface area contributed by atoms with E-state index < -0.39 is 0 Å². The lowest BCUT2D eigenvalue weighted by molar-refractivity contribution is 0.669. The minimum Gasteiger partial charge on any atom is -0.454 e. The molecule has 5 aromatic carbocycles. The van der Waals surface area contributed by atoms with Gasteiger partial charge in [0, 0.05) is 27.5 Å². The third-order valence-electron chi connectivity index (χ3n) is 6.39. The summed E-state index contributed by atoms with van der Waals surface area (Å²) < 4.78 is 6.12. The molecule has 0 bridgehead atoms. The predicted octanol–water partition coefficient (Wildman–Crippen LogP) is 8.58. The Kier molecular flexibility index (Phi) is 4.79. The highest BCUT2D eigenvalue weighted by Gasteiger charge is 2.18. The summed E-state index contributed by atoms with van der Waals surface area (Å²) in [6.07, 6.45) is 0. The van der Waals surface area contributed by atoms with Crippen molar-refractivity contribution in [3.05, 3.63) is 114 Å².